The first-order chi connectivity index (χ1) is 6.29. The minimum atomic E-state index is 0.188. The second kappa shape index (κ2) is 3.83. The van der Waals surface area contributed by atoms with Crippen molar-refractivity contribution in [2.45, 2.75) is 37.5 Å². The molecule has 3 unspecified atom stereocenters. The third-order valence-corrected chi connectivity index (χ3v) is 3.71. The summed E-state index contributed by atoms with van der Waals surface area (Å²) < 4.78 is 0. The molecular formula is C11H15ClO. The van der Waals surface area contributed by atoms with Gasteiger partial charge in [0.25, 0.3) is 0 Å². The third kappa shape index (κ3) is 1.80. The minimum absolute atomic E-state index is 0.188. The van der Waals surface area contributed by atoms with E-state index in [0.717, 1.165) is 32.1 Å². The molecule has 2 aliphatic rings. The molecule has 72 valence electrons. The Bertz CT molecular complexity index is 234. The van der Waals surface area contributed by atoms with Crippen molar-refractivity contribution in [1.29, 1.82) is 0 Å². The fraction of sp³-hybridized carbons (Fsp3) is 0.727. The normalized spacial score (nSPS) is 39.8. The number of Topliss-reactive ketones (excluding diaryl/α,β-unsaturated/α-hetero) is 1. The van der Waals surface area contributed by atoms with Crippen molar-refractivity contribution in [3.63, 3.8) is 0 Å². The third-order valence-electron chi connectivity index (χ3n) is 3.20. The number of ketones is 1. The number of alkyl halides is 1. The quantitative estimate of drug-likeness (QED) is 0.432. The molecule has 13 heavy (non-hydrogen) atoms. The van der Waals surface area contributed by atoms with Gasteiger partial charge in [0.2, 0.25) is 0 Å². The zero-order valence-corrected chi connectivity index (χ0v) is 8.46. The van der Waals surface area contributed by atoms with E-state index in [0.29, 0.717) is 11.7 Å². The molecule has 0 heterocycles. The predicted octanol–water partition coefficient (Wildman–Crippen LogP) is 2.93. The molecule has 1 fully saturated rings. The first-order valence-corrected chi connectivity index (χ1v) is 5.56. The van der Waals surface area contributed by atoms with Gasteiger partial charge in [0, 0.05) is 23.6 Å². The van der Waals surface area contributed by atoms with Crippen LogP contribution in [0.2, 0.25) is 0 Å². The molecule has 0 amide bonds. The van der Waals surface area contributed by atoms with Crippen molar-refractivity contribution in [1.82, 2.24) is 0 Å². The van der Waals surface area contributed by atoms with E-state index in [-0.39, 0.29) is 11.3 Å². The second-order valence-corrected chi connectivity index (χ2v) is 4.62. The summed E-state index contributed by atoms with van der Waals surface area (Å²) in [5.74, 6) is 0.998. The summed E-state index contributed by atoms with van der Waals surface area (Å²) in [5, 5.41) is 0.188. The van der Waals surface area contributed by atoms with Crippen molar-refractivity contribution in [2.24, 2.45) is 11.8 Å². The van der Waals surface area contributed by atoms with Crippen LogP contribution in [-0.4, -0.2) is 11.2 Å². The fourth-order valence-corrected chi connectivity index (χ4v) is 2.87. The maximum absolute atomic E-state index is 11.7. The Morgan fingerprint density at radius 3 is 3.08 bits per heavy atom. The van der Waals surface area contributed by atoms with Gasteiger partial charge in [-0.3, -0.25) is 4.79 Å². The maximum atomic E-state index is 11.7. The van der Waals surface area contributed by atoms with E-state index >= 15 is 0 Å². The highest BCUT2D eigenvalue weighted by Crippen LogP contribution is 2.36. The summed E-state index contributed by atoms with van der Waals surface area (Å²) in [6.45, 7) is 0. The highest BCUT2D eigenvalue weighted by Gasteiger charge is 2.34. The van der Waals surface area contributed by atoms with Gasteiger partial charge < -0.3 is 0 Å². The van der Waals surface area contributed by atoms with Crippen LogP contribution in [0.5, 0.6) is 0 Å². The number of hydrogen-bond acceptors (Lipinski definition) is 1. The highest BCUT2D eigenvalue weighted by atomic mass is 35.5. The molecule has 0 aromatic carbocycles. The Kier molecular flexibility index (Phi) is 2.73. The number of carbonyl (C=O) groups excluding carboxylic acids is 1. The van der Waals surface area contributed by atoms with Gasteiger partial charge in [-0.1, -0.05) is 12.2 Å². The lowest BCUT2D eigenvalue weighted by molar-refractivity contribution is -0.123. The number of halogens is 1. The first-order valence-electron chi connectivity index (χ1n) is 5.12. The average Bonchev–Trinajstić information content (AvgIpc) is 2.29. The van der Waals surface area contributed by atoms with Crippen LogP contribution in [0.15, 0.2) is 12.2 Å². The van der Waals surface area contributed by atoms with Crippen LogP contribution in [0.25, 0.3) is 0 Å². The largest absolute Gasteiger partial charge is 0.299 e. The zero-order valence-electron chi connectivity index (χ0n) is 7.71. The van der Waals surface area contributed by atoms with Gasteiger partial charge >= 0.3 is 0 Å². The minimum Gasteiger partial charge on any atom is -0.299 e. The molecule has 0 aliphatic heterocycles. The van der Waals surface area contributed by atoms with Crippen molar-refractivity contribution in [3.8, 4) is 0 Å². The molecule has 0 aromatic rings. The summed E-state index contributed by atoms with van der Waals surface area (Å²) in [5.41, 5.74) is 0. The van der Waals surface area contributed by atoms with Crippen LogP contribution in [0.3, 0.4) is 0 Å². The van der Waals surface area contributed by atoms with E-state index in [1.165, 1.54) is 0 Å². The maximum Gasteiger partial charge on any atom is 0.136 e. The Labute approximate surface area is 84.2 Å². The van der Waals surface area contributed by atoms with Crippen LogP contribution >= 0.6 is 11.6 Å². The van der Waals surface area contributed by atoms with Crippen LogP contribution in [0.4, 0.5) is 0 Å². The molecule has 2 heteroatoms. The summed E-state index contributed by atoms with van der Waals surface area (Å²) >= 11 is 6.26. The van der Waals surface area contributed by atoms with E-state index in [4.69, 9.17) is 11.6 Å². The number of hydrogen-bond donors (Lipinski definition) is 0. The van der Waals surface area contributed by atoms with Gasteiger partial charge in [-0.15, -0.1) is 11.6 Å². The Hall–Kier alpha value is -0.300. The smallest absolute Gasteiger partial charge is 0.136 e. The lowest BCUT2D eigenvalue weighted by atomic mass is 9.80. The van der Waals surface area contributed by atoms with Crippen LogP contribution < -0.4 is 0 Å². The molecule has 0 N–H and O–H groups in total. The van der Waals surface area contributed by atoms with Gasteiger partial charge in [-0.05, 0) is 25.7 Å². The Morgan fingerprint density at radius 2 is 2.23 bits per heavy atom. The monoisotopic (exact) mass is 198 g/mol. The Balaban J connectivity index is 2.21. The van der Waals surface area contributed by atoms with E-state index in [1.54, 1.807) is 0 Å². The van der Waals surface area contributed by atoms with Gasteiger partial charge in [-0.2, -0.15) is 0 Å². The topological polar surface area (TPSA) is 17.1 Å². The SMILES string of the molecule is O=C1CCCC(Cl)C2C=CCCC12. The van der Waals surface area contributed by atoms with Crippen LogP contribution in [0, 0.1) is 11.8 Å². The standard InChI is InChI=1S/C11H15ClO/c12-10-6-3-7-11(13)9-5-2-1-4-8(9)10/h1,4,8-10H,2-3,5-7H2. The number of allylic oxidation sites excluding steroid dienone is 2. The van der Waals surface area contributed by atoms with Crippen molar-refractivity contribution >= 4 is 17.4 Å². The van der Waals surface area contributed by atoms with Gasteiger partial charge in [0.05, 0.1) is 0 Å². The van der Waals surface area contributed by atoms with Gasteiger partial charge in [0.1, 0.15) is 5.78 Å². The molecule has 0 spiro atoms. The molecule has 0 saturated heterocycles. The molecule has 2 aliphatic carbocycles. The molecule has 2 rings (SSSR count). The van der Waals surface area contributed by atoms with Crippen LogP contribution in [-0.2, 0) is 4.79 Å². The van der Waals surface area contributed by atoms with Crippen molar-refractivity contribution in [2.75, 3.05) is 0 Å². The molecule has 1 saturated carbocycles. The lowest BCUT2D eigenvalue weighted by Gasteiger charge is -2.27. The Morgan fingerprint density at radius 1 is 1.38 bits per heavy atom. The lowest BCUT2D eigenvalue weighted by Crippen LogP contribution is -2.27. The number of rotatable bonds is 0. The van der Waals surface area contributed by atoms with Crippen LogP contribution in [0.1, 0.15) is 32.1 Å². The van der Waals surface area contributed by atoms with E-state index in [2.05, 4.69) is 12.2 Å². The first kappa shape index (κ1) is 9.26. The molecule has 1 nitrogen and oxygen atoms in total. The fourth-order valence-electron chi connectivity index (χ4n) is 2.45. The summed E-state index contributed by atoms with van der Waals surface area (Å²) in [4.78, 5) is 11.7. The zero-order chi connectivity index (χ0) is 9.26. The summed E-state index contributed by atoms with van der Waals surface area (Å²) in [7, 11) is 0. The molecule has 0 radical (unpaired) electrons. The summed E-state index contributed by atoms with van der Waals surface area (Å²) in [6.07, 6.45) is 9.13. The van der Waals surface area contributed by atoms with Gasteiger partial charge in [0.15, 0.2) is 0 Å². The van der Waals surface area contributed by atoms with E-state index in [1.807, 2.05) is 0 Å². The molecular weight excluding hydrogens is 184 g/mol. The summed E-state index contributed by atoms with van der Waals surface area (Å²) in [6, 6.07) is 0. The number of fused-ring (bicyclic) bond motifs is 1. The van der Waals surface area contributed by atoms with Gasteiger partial charge in [-0.25, -0.2) is 0 Å². The van der Waals surface area contributed by atoms with E-state index in [9.17, 15) is 4.79 Å². The second-order valence-electron chi connectivity index (χ2n) is 4.06. The van der Waals surface area contributed by atoms with Crippen molar-refractivity contribution in [3.05, 3.63) is 12.2 Å². The molecule has 0 bridgehead atoms. The van der Waals surface area contributed by atoms with Crippen molar-refractivity contribution < 1.29 is 4.79 Å². The molecule has 3 atom stereocenters. The van der Waals surface area contributed by atoms with E-state index < -0.39 is 0 Å². The predicted molar refractivity (Wildman–Crippen MR) is 53.9 cm³/mol. The average molecular weight is 199 g/mol. The number of carbonyl (C=O) groups is 1. The molecule has 0 aromatic heterocycles. The highest BCUT2D eigenvalue weighted by molar-refractivity contribution is 6.21.